The van der Waals surface area contributed by atoms with Crippen molar-refractivity contribution in [1.82, 2.24) is 9.21 Å². The van der Waals surface area contributed by atoms with Crippen molar-refractivity contribution in [3.63, 3.8) is 0 Å². The molecule has 2 heterocycles. The molecule has 5 nitrogen and oxygen atoms in total. The number of nitrogens with zero attached hydrogens (tertiary/aromatic N) is 2. The molecule has 6 heteroatoms. The quantitative estimate of drug-likeness (QED) is 0.804. The Labute approximate surface area is 152 Å². The highest BCUT2D eigenvalue weighted by molar-refractivity contribution is 7.89. The SMILES string of the molecule is COc1cccc(S(=O)(=O)N2CCC(CN3CCC[C@H](C)C3)CC2)c1. The van der Waals surface area contributed by atoms with Crippen LogP contribution in [-0.2, 0) is 10.0 Å². The Morgan fingerprint density at radius 3 is 2.60 bits per heavy atom. The summed E-state index contributed by atoms with van der Waals surface area (Å²) in [6.45, 7) is 7.09. The van der Waals surface area contributed by atoms with Gasteiger partial charge >= 0.3 is 0 Å². The molecule has 0 unspecified atom stereocenters. The molecule has 0 bridgehead atoms. The van der Waals surface area contributed by atoms with Crippen LogP contribution in [0.5, 0.6) is 5.75 Å². The van der Waals surface area contributed by atoms with Crippen molar-refractivity contribution in [3.8, 4) is 5.75 Å². The molecule has 0 N–H and O–H groups in total. The molecule has 25 heavy (non-hydrogen) atoms. The maximum absolute atomic E-state index is 12.9. The molecule has 0 aliphatic carbocycles. The van der Waals surface area contributed by atoms with E-state index in [-0.39, 0.29) is 0 Å². The Hall–Kier alpha value is -1.11. The van der Waals surface area contributed by atoms with Crippen molar-refractivity contribution < 1.29 is 13.2 Å². The Kier molecular flexibility index (Phi) is 6.02. The van der Waals surface area contributed by atoms with E-state index >= 15 is 0 Å². The summed E-state index contributed by atoms with van der Waals surface area (Å²) in [7, 11) is -1.87. The van der Waals surface area contributed by atoms with Crippen LogP contribution >= 0.6 is 0 Å². The summed E-state index contributed by atoms with van der Waals surface area (Å²) in [5.74, 6) is 1.99. The van der Waals surface area contributed by atoms with Crippen molar-refractivity contribution >= 4 is 10.0 Å². The summed E-state index contributed by atoms with van der Waals surface area (Å²) in [6.07, 6.45) is 4.54. The van der Waals surface area contributed by atoms with Gasteiger partial charge in [0.15, 0.2) is 0 Å². The second-order valence-electron chi connectivity index (χ2n) is 7.53. The predicted octanol–water partition coefficient (Wildman–Crippen LogP) is 2.83. The lowest BCUT2D eigenvalue weighted by Gasteiger charge is -2.37. The zero-order valence-corrected chi connectivity index (χ0v) is 16.2. The first kappa shape index (κ1) is 18.7. The van der Waals surface area contributed by atoms with Gasteiger partial charge in [0.2, 0.25) is 10.0 Å². The molecule has 0 radical (unpaired) electrons. The number of sulfonamides is 1. The van der Waals surface area contributed by atoms with Crippen LogP contribution in [-0.4, -0.2) is 57.5 Å². The molecule has 0 saturated carbocycles. The monoisotopic (exact) mass is 366 g/mol. The zero-order chi connectivity index (χ0) is 17.9. The summed E-state index contributed by atoms with van der Waals surface area (Å²) in [5.41, 5.74) is 0. The zero-order valence-electron chi connectivity index (χ0n) is 15.4. The van der Waals surface area contributed by atoms with Crippen LogP contribution in [0.3, 0.4) is 0 Å². The Morgan fingerprint density at radius 2 is 1.92 bits per heavy atom. The number of ether oxygens (including phenoxy) is 1. The highest BCUT2D eigenvalue weighted by atomic mass is 32.2. The van der Waals surface area contributed by atoms with E-state index in [2.05, 4.69) is 11.8 Å². The molecule has 2 aliphatic heterocycles. The molecule has 0 aromatic heterocycles. The van der Waals surface area contributed by atoms with Gasteiger partial charge in [0.25, 0.3) is 0 Å². The number of hydrogen-bond acceptors (Lipinski definition) is 4. The van der Waals surface area contributed by atoms with Gasteiger partial charge < -0.3 is 9.64 Å². The molecular weight excluding hydrogens is 336 g/mol. The van der Waals surface area contributed by atoms with Crippen LogP contribution in [0.4, 0.5) is 0 Å². The molecule has 3 rings (SSSR count). The van der Waals surface area contributed by atoms with E-state index in [0.717, 1.165) is 25.3 Å². The molecule has 0 spiro atoms. The highest BCUT2D eigenvalue weighted by Crippen LogP contribution is 2.27. The molecule has 2 saturated heterocycles. The van der Waals surface area contributed by atoms with Crippen molar-refractivity contribution in [2.75, 3.05) is 39.8 Å². The first-order chi connectivity index (χ1) is 12.0. The lowest BCUT2D eigenvalue weighted by Crippen LogP contribution is -2.43. The van der Waals surface area contributed by atoms with Crippen molar-refractivity contribution in [1.29, 1.82) is 0 Å². The van der Waals surface area contributed by atoms with E-state index in [9.17, 15) is 8.42 Å². The summed E-state index contributed by atoms with van der Waals surface area (Å²) >= 11 is 0. The standard InChI is InChI=1S/C19H30N2O3S/c1-16-5-4-10-20(14-16)15-17-8-11-21(12-9-17)25(22,23)19-7-3-6-18(13-19)24-2/h3,6-7,13,16-17H,4-5,8-12,14-15H2,1-2H3/t16-/m0/s1. The number of methoxy groups -OCH3 is 1. The van der Waals surface area contributed by atoms with Gasteiger partial charge in [0.05, 0.1) is 12.0 Å². The summed E-state index contributed by atoms with van der Waals surface area (Å²) in [5, 5.41) is 0. The van der Waals surface area contributed by atoms with Gasteiger partial charge in [-0.15, -0.1) is 0 Å². The van der Waals surface area contributed by atoms with Crippen LogP contribution in [0.1, 0.15) is 32.6 Å². The molecule has 1 aromatic rings. The summed E-state index contributed by atoms with van der Waals surface area (Å²) < 4.78 is 32.5. The maximum atomic E-state index is 12.9. The van der Waals surface area contributed by atoms with Gasteiger partial charge in [-0.05, 0) is 56.2 Å². The smallest absolute Gasteiger partial charge is 0.243 e. The number of hydrogen-bond donors (Lipinski definition) is 0. The van der Waals surface area contributed by atoms with E-state index < -0.39 is 10.0 Å². The van der Waals surface area contributed by atoms with Crippen molar-refractivity contribution in [3.05, 3.63) is 24.3 Å². The first-order valence-electron chi connectivity index (χ1n) is 9.35. The van der Waals surface area contributed by atoms with Crippen LogP contribution in [0.2, 0.25) is 0 Å². The van der Waals surface area contributed by atoms with Gasteiger partial charge in [-0.1, -0.05) is 13.0 Å². The number of benzene rings is 1. The largest absolute Gasteiger partial charge is 0.497 e. The van der Waals surface area contributed by atoms with E-state index in [1.807, 2.05) is 0 Å². The predicted molar refractivity (Wildman–Crippen MR) is 99.3 cm³/mol. The minimum Gasteiger partial charge on any atom is -0.497 e. The van der Waals surface area contributed by atoms with E-state index in [4.69, 9.17) is 4.74 Å². The van der Waals surface area contributed by atoms with Crippen LogP contribution < -0.4 is 4.74 Å². The molecule has 1 aromatic carbocycles. The third-order valence-corrected chi connectivity index (χ3v) is 7.40. The summed E-state index contributed by atoms with van der Waals surface area (Å²) in [6, 6.07) is 6.76. The van der Waals surface area contributed by atoms with E-state index in [1.165, 1.54) is 25.9 Å². The number of rotatable bonds is 5. The lowest BCUT2D eigenvalue weighted by atomic mass is 9.94. The molecule has 1 atom stereocenters. The van der Waals surface area contributed by atoms with Gasteiger partial charge in [0.1, 0.15) is 5.75 Å². The highest BCUT2D eigenvalue weighted by Gasteiger charge is 2.30. The summed E-state index contributed by atoms with van der Waals surface area (Å²) in [4.78, 5) is 2.90. The number of piperidine rings is 2. The lowest BCUT2D eigenvalue weighted by molar-refractivity contribution is 0.136. The van der Waals surface area contributed by atoms with Crippen molar-refractivity contribution in [2.24, 2.45) is 11.8 Å². The normalized spacial score (nSPS) is 24.3. The third-order valence-electron chi connectivity index (χ3n) is 5.51. The van der Waals surface area contributed by atoms with Crippen molar-refractivity contribution in [2.45, 2.75) is 37.5 Å². The fraction of sp³-hybridized carbons (Fsp3) is 0.684. The number of likely N-dealkylation sites (tertiary alicyclic amines) is 1. The third kappa shape index (κ3) is 4.54. The average Bonchev–Trinajstić information content (AvgIpc) is 2.62. The van der Waals surface area contributed by atoms with Gasteiger partial charge in [0, 0.05) is 32.2 Å². The van der Waals surface area contributed by atoms with Gasteiger partial charge in [-0.3, -0.25) is 0 Å². The fourth-order valence-electron chi connectivity index (χ4n) is 4.06. The second kappa shape index (κ2) is 8.06. The van der Waals surface area contributed by atoms with Crippen LogP contribution in [0, 0.1) is 11.8 Å². The molecule has 2 aliphatic rings. The Balaban J connectivity index is 1.57. The van der Waals surface area contributed by atoms with Crippen LogP contribution in [0.15, 0.2) is 29.2 Å². The Bertz CT molecular complexity index is 669. The molecule has 0 amide bonds. The van der Waals surface area contributed by atoms with E-state index in [0.29, 0.717) is 29.7 Å². The average molecular weight is 367 g/mol. The second-order valence-corrected chi connectivity index (χ2v) is 9.47. The maximum Gasteiger partial charge on any atom is 0.243 e. The minimum atomic E-state index is -3.42. The minimum absolute atomic E-state index is 0.329. The Morgan fingerprint density at radius 1 is 1.16 bits per heavy atom. The molecule has 140 valence electrons. The van der Waals surface area contributed by atoms with Gasteiger partial charge in [-0.25, -0.2) is 8.42 Å². The fourth-order valence-corrected chi connectivity index (χ4v) is 5.57. The van der Waals surface area contributed by atoms with Gasteiger partial charge in [-0.2, -0.15) is 4.31 Å². The van der Waals surface area contributed by atoms with Crippen LogP contribution in [0.25, 0.3) is 0 Å². The topological polar surface area (TPSA) is 49.9 Å². The first-order valence-corrected chi connectivity index (χ1v) is 10.8. The van der Waals surface area contributed by atoms with E-state index in [1.54, 1.807) is 35.7 Å². The molecule has 2 fully saturated rings. The molecular formula is C19H30N2O3S.